The number of nitrogens with two attached hydrogens (primary N) is 2. The molecule has 0 unspecified atom stereocenters. The highest BCUT2D eigenvalue weighted by molar-refractivity contribution is 7.91. The van der Waals surface area contributed by atoms with E-state index in [-0.39, 0.29) is 14.8 Å². The minimum atomic E-state index is -3.83. The van der Waals surface area contributed by atoms with Gasteiger partial charge in [-0.15, -0.1) is 11.3 Å². The Kier molecular flexibility index (Phi) is 2.28. The van der Waals surface area contributed by atoms with Crippen molar-refractivity contribution in [2.45, 2.75) is 4.21 Å². The summed E-state index contributed by atoms with van der Waals surface area (Å²) in [5, 5.41) is 20.9. The first-order valence-corrected chi connectivity index (χ1v) is 5.38. The minimum absolute atomic E-state index is 0.00373. The van der Waals surface area contributed by atoms with Gasteiger partial charge in [0, 0.05) is 6.07 Å². The van der Waals surface area contributed by atoms with E-state index in [1.54, 1.807) is 0 Å². The van der Waals surface area contributed by atoms with Crippen molar-refractivity contribution in [1.29, 1.82) is 5.41 Å². The summed E-state index contributed by atoms with van der Waals surface area (Å²) in [7, 11) is -3.83. The molecule has 0 fully saturated rings. The van der Waals surface area contributed by atoms with Gasteiger partial charge in [0.05, 0.1) is 0 Å². The molecule has 0 spiro atoms. The molecule has 0 saturated carbocycles. The predicted octanol–water partition coefficient (Wildman–Crippen LogP) is -0.615. The van der Waals surface area contributed by atoms with Crippen LogP contribution in [0.25, 0.3) is 0 Å². The quantitative estimate of drug-likeness (QED) is 0.391. The Morgan fingerprint density at radius 1 is 1.62 bits per heavy atom. The zero-order chi connectivity index (χ0) is 10.2. The molecular weight excluding hydrogens is 214 g/mol. The minimum Gasteiger partial charge on any atom is -0.506 e. The van der Waals surface area contributed by atoms with E-state index in [4.69, 9.17) is 21.4 Å². The molecule has 0 bridgehead atoms. The van der Waals surface area contributed by atoms with Crippen molar-refractivity contribution in [3.8, 4) is 5.75 Å². The van der Waals surface area contributed by atoms with Crippen LogP contribution >= 0.6 is 11.3 Å². The Morgan fingerprint density at radius 2 is 2.15 bits per heavy atom. The summed E-state index contributed by atoms with van der Waals surface area (Å²) in [5.41, 5.74) is 5.07. The molecule has 0 aliphatic rings. The van der Waals surface area contributed by atoms with Crippen molar-refractivity contribution in [1.82, 2.24) is 0 Å². The normalized spacial score (nSPS) is 11.5. The Bertz CT molecular complexity index is 448. The molecule has 1 heterocycles. The lowest BCUT2D eigenvalue weighted by Gasteiger charge is -1.91. The van der Waals surface area contributed by atoms with Crippen LogP contribution in [0.2, 0.25) is 0 Å². The number of amidine groups is 1. The van der Waals surface area contributed by atoms with Crippen LogP contribution in [0.5, 0.6) is 5.75 Å². The Balaban J connectivity index is 3.33. The van der Waals surface area contributed by atoms with Crippen LogP contribution in [0, 0.1) is 5.41 Å². The number of rotatable bonds is 2. The Hall–Kier alpha value is -1.12. The molecule has 0 aliphatic heterocycles. The van der Waals surface area contributed by atoms with Crippen LogP contribution in [0.15, 0.2) is 10.3 Å². The summed E-state index contributed by atoms with van der Waals surface area (Å²) >= 11 is 0.662. The molecule has 0 aromatic carbocycles. The summed E-state index contributed by atoms with van der Waals surface area (Å²) in [5.74, 6) is -0.737. The maximum atomic E-state index is 10.8. The fourth-order valence-corrected chi connectivity index (χ4v) is 2.33. The number of sulfonamides is 1. The fraction of sp³-hybridized carbons (Fsp3) is 0. The Morgan fingerprint density at radius 3 is 2.38 bits per heavy atom. The van der Waals surface area contributed by atoms with Crippen LogP contribution in [0.3, 0.4) is 0 Å². The van der Waals surface area contributed by atoms with Gasteiger partial charge >= 0.3 is 0 Å². The molecule has 0 aliphatic carbocycles. The van der Waals surface area contributed by atoms with E-state index in [9.17, 15) is 8.42 Å². The first-order chi connectivity index (χ1) is 5.82. The SMILES string of the molecule is N=C(N)c1sc(S(N)(=O)=O)cc1O. The highest BCUT2D eigenvalue weighted by atomic mass is 32.2. The molecule has 6 nitrogen and oxygen atoms in total. The largest absolute Gasteiger partial charge is 0.506 e. The number of nitrogen functional groups attached to an aromatic ring is 1. The van der Waals surface area contributed by atoms with Crippen molar-refractivity contribution >= 4 is 27.2 Å². The van der Waals surface area contributed by atoms with Gasteiger partial charge in [-0.2, -0.15) is 0 Å². The van der Waals surface area contributed by atoms with Crippen molar-refractivity contribution in [2.75, 3.05) is 0 Å². The van der Waals surface area contributed by atoms with Crippen LogP contribution < -0.4 is 10.9 Å². The van der Waals surface area contributed by atoms with Gasteiger partial charge in [-0.25, -0.2) is 13.6 Å². The molecule has 1 aromatic rings. The lowest BCUT2D eigenvalue weighted by atomic mass is 10.4. The van der Waals surface area contributed by atoms with E-state index in [2.05, 4.69) is 0 Å². The van der Waals surface area contributed by atoms with Crippen LogP contribution in [-0.4, -0.2) is 19.4 Å². The van der Waals surface area contributed by atoms with Crippen molar-refractivity contribution in [3.63, 3.8) is 0 Å². The van der Waals surface area contributed by atoms with Gasteiger partial charge < -0.3 is 10.8 Å². The third-order valence-corrected chi connectivity index (χ3v) is 3.79. The third kappa shape index (κ3) is 1.97. The third-order valence-electron chi connectivity index (χ3n) is 1.21. The molecule has 1 aromatic heterocycles. The second-order valence-electron chi connectivity index (χ2n) is 2.24. The number of aromatic hydroxyl groups is 1. The lowest BCUT2D eigenvalue weighted by Crippen LogP contribution is -2.10. The van der Waals surface area contributed by atoms with Gasteiger partial charge in [-0.05, 0) is 0 Å². The second kappa shape index (κ2) is 2.98. The molecule has 0 atom stereocenters. The van der Waals surface area contributed by atoms with Gasteiger partial charge in [0.2, 0.25) is 10.0 Å². The summed E-state index contributed by atoms with van der Waals surface area (Å²) < 4.78 is 21.4. The molecule has 0 saturated heterocycles. The molecule has 8 heteroatoms. The lowest BCUT2D eigenvalue weighted by molar-refractivity contribution is 0.475. The highest BCUT2D eigenvalue weighted by Gasteiger charge is 2.17. The molecule has 1 rings (SSSR count). The topological polar surface area (TPSA) is 130 Å². The van der Waals surface area contributed by atoms with Crippen LogP contribution in [-0.2, 0) is 10.0 Å². The van der Waals surface area contributed by atoms with Crippen molar-refractivity contribution in [2.24, 2.45) is 10.9 Å². The smallest absolute Gasteiger partial charge is 0.247 e. The zero-order valence-corrected chi connectivity index (χ0v) is 7.95. The number of hydrogen-bond donors (Lipinski definition) is 4. The van der Waals surface area contributed by atoms with Crippen molar-refractivity contribution < 1.29 is 13.5 Å². The zero-order valence-electron chi connectivity index (χ0n) is 6.31. The highest BCUT2D eigenvalue weighted by Crippen LogP contribution is 2.29. The van der Waals surface area contributed by atoms with E-state index in [1.165, 1.54) is 0 Å². The van der Waals surface area contributed by atoms with E-state index < -0.39 is 15.9 Å². The summed E-state index contributed by atoms with van der Waals surface area (Å²) in [4.78, 5) is 0.00373. The molecule has 0 amide bonds. The molecule has 6 N–H and O–H groups in total. The van der Waals surface area contributed by atoms with Crippen molar-refractivity contribution in [3.05, 3.63) is 10.9 Å². The van der Waals surface area contributed by atoms with Gasteiger partial charge in [0.25, 0.3) is 0 Å². The van der Waals surface area contributed by atoms with Gasteiger partial charge in [-0.1, -0.05) is 0 Å². The van der Waals surface area contributed by atoms with Gasteiger partial charge in [-0.3, -0.25) is 5.41 Å². The molecule has 13 heavy (non-hydrogen) atoms. The van der Waals surface area contributed by atoms with Gasteiger partial charge in [0.15, 0.2) is 0 Å². The molecule has 72 valence electrons. The summed E-state index contributed by atoms with van der Waals surface area (Å²) in [6.07, 6.45) is 0. The van der Waals surface area contributed by atoms with E-state index in [1.807, 2.05) is 0 Å². The molecule has 0 radical (unpaired) electrons. The number of thiophene rings is 1. The second-order valence-corrected chi connectivity index (χ2v) is 5.08. The maximum Gasteiger partial charge on any atom is 0.247 e. The summed E-state index contributed by atoms with van der Waals surface area (Å²) in [6.45, 7) is 0. The average Bonchev–Trinajstić information content (AvgIpc) is 2.29. The van der Waals surface area contributed by atoms with E-state index >= 15 is 0 Å². The van der Waals surface area contributed by atoms with Crippen LogP contribution in [0.4, 0.5) is 0 Å². The number of primary sulfonamides is 1. The fourth-order valence-electron chi connectivity index (χ4n) is 0.693. The standard InChI is InChI=1S/C5H7N3O3S2/c6-5(7)4-2(9)1-3(12-4)13(8,10)11/h1,9H,(H3,6,7)(H2,8,10,11). The average molecular weight is 221 g/mol. The first kappa shape index (κ1) is 9.96. The monoisotopic (exact) mass is 221 g/mol. The number of nitrogens with one attached hydrogen (secondary N) is 1. The number of hydrogen-bond acceptors (Lipinski definition) is 5. The predicted molar refractivity (Wildman–Crippen MR) is 48.4 cm³/mol. The summed E-state index contributed by atoms with van der Waals surface area (Å²) in [6, 6.07) is 0.969. The molecular formula is C5H7N3O3S2. The van der Waals surface area contributed by atoms with E-state index in [0.29, 0.717) is 11.3 Å². The van der Waals surface area contributed by atoms with E-state index in [0.717, 1.165) is 6.07 Å². The maximum absolute atomic E-state index is 10.8. The van der Waals surface area contributed by atoms with Crippen LogP contribution in [0.1, 0.15) is 4.88 Å². The van der Waals surface area contributed by atoms with Gasteiger partial charge in [0.1, 0.15) is 20.7 Å². The first-order valence-electron chi connectivity index (χ1n) is 3.02. The Labute approximate surface area is 78.4 Å².